The maximum atomic E-state index is 11.3. The molecule has 0 heterocycles. The number of rotatable bonds is 5. The Kier molecular flexibility index (Phi) is 3.55. The van der Waals surface area contributed by atoms with Crippen molar-refractivity contribution in [3.05, 3.63) is 64.7 Å². The molecule has 0 saturated heterocycles. The molecule has 2 aromatic rings. The van der Waals surface area contributed by atoms with Crippen molar-refractivity contribution in [2.75, 3.05) is 0 Å². The molecule has 0 aromatic heterocycles. The van der Waals surface area contributed by atoms with Gasteiger partial charge in [-0.05, 0) is 48.4 Å². The second-order valence-corrected chi connectivity index (χ2v) is 5.42. The number of aryl methyl sites for hydroxylation is 1. The van der Waals surface area contributed by atoms with Gasteiger partial charge in [-0.3, -0.25) is 4.79 Å². The average molecular weight is 266 g/mol. The summed E-state index contributed by atoms with van der Waals surface area (Å²) in [7, 11) is 0. The van der Waals surface area contributed by atoms with Crippen molar-refractivity contribution in [2.45, 2.75) is 32.3 Å². The smallest absolute Gasteiger partial charge is 0.153 e. The lowest BCUT2D eigenvalue weighted by atomic mass is 10.0. The van der Waals surface area contributed by atoms with E-state index in [-0.39, 0.29) is 0 Å². The Hall–Kier alpha value is -2.09. The molecule has 0 unspecified atom stereocenters. The fourth-order valence-corrected chi connectivity index (χ4v) is 2.50. The van der Waals surface area contributed by atoms with Crippen LogP contribution >= 0.6 is 0 Å². The fraction of sp³-hybridized carbons (Fsp3) is 0.278. The molecule has 2 nitrogen and oxygen atoms in total. The van der Waals surface area contributed by atoms with Gasteiger partial charge in [-0.25, -0.2) is 0 Å². The van der Waals surface area contributed by atoms with Gasteiger partial charge in [0.05, 0.1) is 5.56 Å². The van der Waals surface area contributed by atoms with E-state index in [0.717, 1.165) is 17.4 Å². The number of benzene rings is 2. The standard InChI is InChI=1S/C18H18O2/c1-13-9-16(15-7-8-15)10-17(11-19)18(13)20-12-14-5-3-2-4-6-14/h2-6,9-11,15H,7-8,12H2,1H3. The highest BCUT2D eigenvalue weighted by Crippen LogP contribution is 2.42. The van der Waals surface area contributed by atoms with Crippen LogP contribution in [-0.2, 0) is 6.61 Å². The molecule has 0 radical (unpaired) electrons. The summed E-state index contributed by atoms with van der Waals surface area (Å²) in [5.41, 5.74) is 4.10. The van der Waals surface area contributed by atoms with E-state index in [2.05, 4.69) is 6.07 Å². The van der Waals surface area contributed by atoms with Crippen LogP contribution in [0.25, 0.3) is 0 Å². The number of carbonyl (C=O) groups is 1. The first-order valence-corrected chi connectivity index (χ1v) is 7.04. The molecule has 0 aliphatic heterocycles. The first-order valence-electron chi connectivity index (χ1n) is 7.04. The number of carbonyl (C=O) groups excluding carboxylic acids is 1. The van der Waals surface area contributed by atoms with Gasteiger partial charge in [-0.1, -0.05) is 36.4 Å². The van der Waals surface area contributed by atoms with E-state index in [9.17, 15) is 4.79 Å². The van der Waals surface area contributed by atoms with Crippen molar-refractivity contribution in [1.82, 2.24) is 0 Å². The van der Waals surface area contributed by atoms with Crippen molar-refractivity contribution < 1.29 is 9.53 Å². The van der Waals surface area contributed by atoms with Crippen LogP contribution in [0.3, 0.4) is 0 Å². The summed E-state index contributed by atoms with van der Waals surface area (Å²) in [6.45, 7) is 2.50. The first-order chi connectivity index (χ1) is 9.78. The molecule has 3 rings (SSSR count). The SMILES string of the molecule is Cc1cc(C2CC2)cc(C=O)c1OCc1ccccc1. The van der Waals surface area contributed by atoms with Crippen LogP contribution in [0.5, 0.6) is 5.75 Å². The molecule has 102 valence electrons. The summed E-state index contributed by atoms with van der Waals surface area (Å²) < 4.78 is 5.87. The molecular formula is C18H18O2. The molecular weight excluding hydrogens is 248 g/mol. The molecule has 0 amide bonds. The largest absolute Gasteiger partial charge is 0.488 e. The van der Waals surface area contributed by atoms with Gasteiger partial charge >= 0.3 is 0 Å². The lowest BCUT2D eigenvalue weighted by molar-refractivity contribution is 0.111. The third-order valence-electron chi connectivity index (χ3n) is 3.73. The van der Waals surface area contributed by atoms with Crippen molar-refractivity contribution in [1.29, 1.82) is 0 Å². The molecule has 1 saturated carbocycles. The minimum Gasteiger partial charge on any atom is -0.488 e. The number of hydrogen-bond donors (Lipinski definition) is 0. The van der Waals surface area contributed by atoms with Crippen molar-refractivity contribution in [3.63, 3.8) is 0 Å². The summed E-state index contributed by atoms with van der Waals surface area (Å²) in [5, 5.41) is 0. The van der Waals surface area contributed by atoms with E-state index >= 15 is 0 Å². The molecule has 2 heteroatoms. The zero-order chi connectivity index (χ0) is 13.9. The summed E-state index contributed by atoms with van der Waals surface area (Å²) >= 11 is 0. The van der Waals surface area contributed by atoms with E-state index in [4.69, 9.17) is 4.74 Å². The topological polar surface area (TPSA) is 26.3 Å². The molecule has 20 heavy (non-hydrogen) atoms. The van der Waals surface area contributed by atoms with Crippen molar-refractivity contribution in [3.8, 4) is 5.75 Å². The van der Waals surface area contributed by atoms with Gasteiger partial charge in [0.2, 0.25) is 0 Å². The predicted octanol–water partition coefficient (Wildman–Crippen LogP) is 4.26. The Morgan fingerprint density at radius 1 is 1.20 bits per heavy atom. The Balaban J connectivity index is 1.83. The first kappa shape index (κ1) is 12.9. The zero-order valence-corrected chi connectivity index (χ0v) is 11.6. The van der Waals surface area contributed by atoms with E-state index in [0.29, 0.717) is 23.8 Å². The van der Waals surface area contributed by atoms with Crippen LogP contribution in [0.2, 0.25) is 0 Å². The number of aldehydes is 1. The third-order valence-corrected chi connectivity index (χ3v) is 3.73. The highest BCUT2D eigenvalue weighted by Gasteiger charge is 2.25. The molecule has 0 atom stereocenters. The van der Waals surface area contributed by atoms with Crippen molar-refractivity contribution in [2.24, 2.45) is 0 Å². The van der Waals surface area contributed by atoms with Crippen LogP contribution in [0.4, 0.5) is 0 Å². The van der Waals surface area contributed by atoms with Crippen LogP contribution in [0.15, 0.2) is 42.5 Å². The van der Waals surface area contributed by atoms with Gasteiger partial charge in [0, 0.05) is 0 Å². The van der Waals surface area contributed by atoms with Crippen molar-refractivity contribution >= 4 is 6.29 Å². The van der Waals surface area contributed by atoms with Crippen LogP contribution in [-0.4, -0.2) is 6.29 Å². The maximum absolute atomic E-state index is 11.3. The van der Waals surface area contributed by atoms with Gasteiger partial charge in [0.15, 0.2) is 6.29 Å². The van der Waals surface area contributed by atoms with Gasteiger partial charge in [0.25, 0.3) is 0 Å². The quantitative estimate of drug-likeness (QED) is 0.756. The normalized spacial score (nSPS) is 14.1. The lowest BCUT2D eigenvalue weighted by Crippen LogP contribution is -2.01. The Morgan fingerprint density at radius 2 is 1.95 bits per heavy atom. The number of ether oxygens (including phenoxy) is 1. The Bertz CT molecular complexity index is 613. The summed E-state index contributed by atoms with van der Waals surface area (Å²) in [4.78, 5) is 11.3. The van der Waals surface area contributed by atoms with Gasteiger partial charge < -0.3 is 4.74 Å². The van der Waals surface area contributed by atoms with Crippen LogP contribution < -0.4 is 4.74 Å². The average Bonchev–Trinajstić information content (AvgIpc) is 3.31. The predicted molar refractivity (Wildman–Crippen MR) is 79.3 cm³/mol. The van der Waals surface area contributed by atoms with Crippen LogP contribution in [0.1, 0.15) is 45.8 Å². The molecule has 1 aliphatic rings. The zero-order valence-electron chi connectivity index (χ0n) is 11.6. The Labute approximate surface area is 119 Å². The minimum absolute atomic E-state index is 0.491. The second kappa shape index (κ2) is 5.49. The van der Waals surface area contributed by atoms with E-state index < -0.39 is 0 Å². The molecule has 1 aliphatic carbocycles. The van der Waals surface area contributed by atoms with Gasteiger partial charge in [0.1, 0.15) is 12.4 Å². The highest BCUT2D eigenvalue weighted by molar-refractivity contribution is 5.81. The van der Waals surface area contributed by atoms with Gasteiger partial charge in [-0.2, -0.15) is 0 Å². The summed E-state index contributed by atoms with van der Waals surface area (Å²) in [5.74, 6) is 1.36. The fourth-order valence-electron chi connectivity index (χ4n) is 2.50. The monoisotopic (exact) mass is 266 g/mol. The lowest BCUT2D eigenvalue weighted by Gasteiger charge is -2.13. The summed E-state index contributed by atoms with van der Waals surface area (Å²) in [6, 6.07) is 14.1. The molecule has 2 aromatic carbocycles. The summed E-state index contributed by atoms with van der Waals surface area (Å²) in [6.07, 6.45) is 3.38. The second-order valence-electron chi connectivity index (χ2n) is 5.42. The van der Waals surface area contributed by atoms with E-state index in [1.165, 1.54) is 18.4 Å². The maximum Gasteiger partial charge on any atom is 0.153 e. The third kappa shape index (κ3) is 2.74. The minimum atomic E-state index is 0.491. The Morgan fingerprint density at radius 3 is 2.60 bits per heavy atom. The van der Waals surface area contributed by atoms with Gasteiger partial charge in [-0.15, -0.1) is 0 Å². The molecule has 0 bridgehead atoms. The highest BCUT2D eigenvalue weighted by atomic mass is 16.5. The molecule has 1 fully saturated rings. The van der Waals surface area contributed by atoms with Crippen LogP contribution in [0, 0.1) is 6.92 Å². The van der Waals surface area contributed by atoms with E-state index in [1.807, 2.05) is 43.3 Å². The molecule has 0 spiro atoms. The van der Waals surface area contributed by atoms with E-state index in [1.54, 1.807) is 0 Å². The number of hydrogen-bond acceptors (Lipinski definition) is 2. The molecule has 0 N–H and O–H groups in total.